The molecule has 0 unspecified atom stereocenters. The van der Waals surface area contributed by atoms with Gasteiger partial charge in [0.05, 0.1) is 0 Å². The van der Waals surface area contributed by atoms with E-state index >= 15 is 0 Å². The third kappa shape index (κ3) is 3.59. The van der Waals surface area contributed by atoms with Gasteiger partial charge >= 0.3 is 0 Å². The molecule has 3 aromatic rings. The molecule has 1 aromatic heterocycles. The van der Waals surface area contributed by atoms with Crippen LogP contribution in [0.25, 0.3) is 22.0 Å². The first-order chi connectivity index (χ1) is 13.0. The van der Waals surface area contributed by atoms with Crippen LogP contribution in [0.1, 0.15) is 23.1 Å². The average molecular weight is 385 g/mol. The summed E-state index contributed by atoms with van der Waals surface area (Å²) in [5, 5.41) is 4.46. The van der Waals surface area contributed by atoms with Crippen molar-refractivity contribution in [1.29, 1.82) is 0 Å². The fourth-order valence-electron chi connectivity index (χ4n) is 3.76. The SMILES string of the molecule is NC(=S)c1cccc(-c2cn(CCC(F)F)c3cc4c(cc23)CCNC4)c1. The fourth-order valence-corrected chi connectivity index (χ4v) is 3.89. The Kier molecular flexibility index (Phi) is 4.93. The van der Waals surface area contributed by atoms with Gasteiger partial charge < -0.3 is 15.6 Å². The normalized spacial score (nSPS) is 13.9. The minimum Gasteiger partial charge on any atom is -0.389 e. The van der Waals surface area contributed by atoms with Crippen LogP contribution in [0, 0.1) is 0 Å². The molecule has 0 amide bonds. The van der Waals surface area contributed by atoms with Gasteiger partial charge in [0.15, 0.2) is 0 Å². The number of hydrogen-bond donors (Lipinski definition) is 2. The summed E-state index contributed by atoms with van der Waals surface area (Å²) >= 11 is 5.11. The van der Waals surface area contributed by atoms with E-state index in [1.807, 2.05) is 35.0 Å². The summed E-state index contributed by atoms with van der Waals surface area (Å²) in [6.07, 6.45) is 0.471. The largest absolute Gasteiger partial charge is 0.389 e. The number of halogens is 2. The van der Waals surface area contributed by atoms with Crippen molar-refractivity contribution in [1.82, 2.24) is 9.88 Å². The minimum atomic E-state index is -2.32. The zero-order valence-electron chi connectivity index (χ0n) is 14.8. The lowest BCUT2D eigenvalue weighted by molar-refractivity contribution is 0.132. The van der Waals surface area contributed by atoms with Crippen molar-refractivity contribution in [2.24, 2.45) is 5.73 Å². The van der Waals surface area contributed by atoms with E-state index in [4.69, 9.17) is 18.0 Å². The molecular formula is C21H21F2N3S. The van der Waals surface area contributed by atoms with Crippen LogP contribution < -0.4 is 11.1 Å². The van der Waals surface area contributed by atoms with Gasteiger partial charge in [-0.1, -0.05) is 30.4 Å². The molecule has 6 heteroatoms. The summed E-state index contributed by atoms with van der Waals surface area (Å²) in [4.78, 5) is 0.349. The van der Waals surface area contributed by atoms with E-state index in [2.05, 4.69) is 17.4 Å². The maximum Gasteiger partial charge on any atom is 0.240 e. The first-order valence-electron chi connectivity index (χ1n) is 9.06. The third-order valence-electron chi connectivity index (χ3n) is 5.14. The summed E-state index contributed by atoms with van der Waals surface area (Å²) in [6.45, 7) is 2.06. The Bertz CT molecular complexity index is 1010. The molecule has 3 nitrogen and oxygen atoms in total. The number of fused-ring (bicyclic) bond motifs is 2. The molecule has 0 bridgehead atoms. The fraction of sp³-hybridized carbons (Fsp3) is 0.286. The number of hydrogen-bond acceptors (Lipinski definition) is 2. The predicted molar refractivity (Wildman–Crippen MR) is 109 cm³/mol. The maximum absolute atomic E-state index is 12.8. The molecule has 0 saturated heterocycles. The van der Waals surface area contributed by atoms with Gasteiger partial charge in [0.2, 0.25) is 6.43 Å². The van der Waals surface area contributed by atoms with E-state index in [9.17, 15) is 8.78 Å². The van der Waals surface area contributed by atoms with E-state index in [1.165, 1.54) is 11.1 Å². The third-order valence-corrected chi connectivity index (χ3v) is 5.37. The van der Waals surface area contributed by atoms with Crippen LogP contribution in [0.15, 0.2) is 42.6 Å². The van der Waals surface area contributed by atoms with Crippen LogP contribution in [0.5, 0.6) is 0 Å². The number of rotatable bonds is 5. The Hall–Kier alpha value is -2.31. The molecular weight excluding hydrogens is 364 g/mol. The lowest BCUT2D eigenvalue weighted by Crippen LogP contribution is -2.23. The average Bonchev–Trinajstić information content (AvgIpc) is 3.02. The van der Waals surface area contributed by atoms with Gasteiger partial charge in [0.1, 0.15) is 4.99 Å². The van der Waals surface area contributed by atoms with Crippen molar-refractivity contribution in [3.8, 4) is 11.1 Å². The summed E-state index contributed by atoms with van der Waals surface area (Å²) in [5.41, 5.74) is 12.2. The molecule has 4 rings (SSSR count). The molecule has 1 aliphatic rings. The van der Waals surface area contributed by atoms with Crippen LogP contribution >= 0.6 is 12.2 Å². The number of nitrogens with two attached hydrogens (primary N) is 1. The van der Waals surface area contributed by atoms with E-state index in [1.54, 1.807) is 0 Å². The number of aryl methyl sites for hydroxylation is 1. The van der Waals surface area contributed by atoms with Gasteiger partial charge in [0, 0.05) is 47.7 Å². The number of thiocarbonyl (C=S) groups is 1. The van der Waals surface area contributed by atoms with E-state index < -0.39 is 6.43 Å². The van der Waals surface area contributed by atoms with Crippen LogP contribution in [-0.2, 0) is 19.5 Å². The summed E-state index contributed by atoms with van der Waals surface area (Å²) < 4.78 is 27.6. The van der Waals surface area contributed by atoms with Gasteiger partial charge in [-0.25, -0.2) is 8.78 Å². The zero-order valence-corrected chi connectivity index (χ0v) is 15.7. The molecule has 27 heavy (non-hydrogen) atoms. The van der Waals surface area contributed by atoms with Crippen molar-refractivity contribution >= 4 is 28.1 Å². The lowest BCUT2D eigenvalue weighted by atomic mass is 9.96. The number of benzene rings is 2. The molecule has 3 N–H and O–H groups in total. The van der Waals surface area contributed by atoms with E-state index in [0.717, 1.165) is 47.1 Å². The molecule has 2 heterocycles. The monoisotopic (exact) mass is 385 g/mol. The van der Waals surface area contributed by atoms with Crippen LogP contribution in [0.4, 0.5) is 8.78 Å². The lowest BCUT2D eigenvalue weighted by Gasteiger charge is -2.18. The van der Waals surface area contributed by atoms with Crippen molar-refractivity contribution in [2.45, 2.75) is 32.4 Å². The summed E-state index contributed by atoms with van der Waals surface area (Å²) in [6, 6.07) is 12.1. The molecule has 0 saturated carbocycles. The molecule has 140 valence electrons. The number of nitrogens with zero attached hydrogens (tertiary/aromatic N) is 1. The number of aromatic nitrogens is 1. The van der Waals surface area contributed by atoms with E-state index in [0.29, 0.717) is 4.99 Å². The van der Waals surface area contributed by atoms with Gasteiger partial charge in [-0.15, -0.1) is 0 Å². The first-order valence-corrected chi connectivity index (χ1v) is 9.47. The molecule has 0 fully saturated rings. The molecule has 0 radical (unpaired) electrons. The van der Waals surface area contributed by atoms with Crippen LogP contribution in [0.2, 0.25) is 0 Å². The van der Waals surface area contributed by atoms with Crippen molar-refractivity contribution in [3.05, 3.63) is 59.3 Å². The second-order valence-electron chi connectivity index (χ2n) is 6.93. The highest BCUT2D eigenvalue weighted by molar-refractivity contribution is 7.80. The van der Waals surface area contributed by atoms with E-state index in [-0.39, 0.29) is 13.0 Å². The second-order valence-corrected chi connectivity index (χ2v) is 7.37. The summed E-state index contributed by atoms with van der Waals surface area (Å²) in [7, 11) is 0. The molecule has 2 aromatic carbocycles. The molecule has 0 spiro atoms. The molecule has 0 aliphatic carbocycles. The molecule has 0 atom stereocenters. The maximum atomic E-state index is 12.8. The zero-order chi connectivity index (χ0) is 19.0. The number of alkyl halides is 2. The topological polar surface area (TPSA) is 43.0 Å². The minimum absolute atomic E-state index is 0.161. The highest BCUT2D eigenvalue weighted by Crippen LogP contribution is 2.34. The highest BCUT2D eigenvalue weighted by atomic mass is 32.1. The van der Waals surface area contributed by atoms with Gasteiger partial charge in [-0.3, -0.25) is 0 Å². The smallest absolute Gasteiger partial charge is 0.240 e. The predicted octanol–water partition coefficient (Wildman–Crippen LogP) is 4.24. The molecule has 1 aliphatic heterocycles. The standard InChI is InChI=1S/C21H21F2N3S/c22-20(23)5-7-26-12-18(14-2-1-3-15(8-14)21(24)27)17-9-13-4-6-25-11-16(13)10-19(17)26/h1-3,8-10,12,20,25H,4-7,11H2,(H2,24,27). The second kappa shape index (κ2) is 7.37. The van der Waals surface area contributed by atoms with Crippen LogP contribution in [0.3, 0.4) is 0 Å². The Labute approximate surface area is 162 Å². The highest BCUT2D eigenvalue weighted by Gasteiger charge is 2.17. The van der Waals surface area contributed by atoms with Gasteiger partial charge in [0.25, 0.3) is 0 Å². The Balaban J connectivity index is 1.88. The van der Waals surface area contributed by atoms with Gasteiger partial charge in [-0.2, -0.15) is 0 Å². The number of nitrogens with one attached hydrogen (secondary N) is 1. The summed E-state index contributed by atoms with van der Waals surface area (Å²) in [5.74, 6) is 0. The Morgan fingerprint density at radius 3 is 2.85 bits per heavy atom. The van der Waals surface area contributed by atoms with Gasteiger partial charge in [-0.05, 0) is 47.9 Å². The quantitative estimate of drug-likeness (QED) is 0.646. The Morgan fingerprint density at radius 2 is 2.07 bits per heavy atom. The van der Waals surface area contributed by atoms with Crippen LogP contribution in [-0.4, -0.2) is 22.5 Å². The van der Waals surface area contributed by atoms with Crippen molar-refractivity contribution in [3.63, 3.8) is 0 Å². The van der Waals surface area contributed by atoms with Crippen molar-refractivity contribution < 1.29 is 8.78 Å². The van der Waals surface area contributed by atoms with Crippen molar-refractivity contribution in [2.75, 3.05) is 6.54 Å². The first kappa shape index (κ1) is 18.1. The Morgan fingerprint density at radius 1 is 1.22 bits per heavy atom.